The Hall–Kier alpha value is -1.58. The highest BCUT2D eigenvalue weighted by Crippen LogP contribution is 2.33. The zero-order valence-electron chi connectivity index (χ0n) is 9.45. The Morgan fingerprint density at radius 2 is 1.89 bits per heavy atom. The van der Waals surface area contributed by atoms with Crippen molar-refractivity contribution in [2.75, 3.05) is 5.73 Å². The number of halogens is 3. The first-order valence-corrected chi connectivity index (χ1v) is 6.72. The fourth-order valence-corrected chi connectivity index (χ4v) is 2.22. The zero-order valence-corrected chi connectivity index (χ0v) is 12.6. The van der Waals surface area contributed by atoms with Gasteiger partial charge in [-0.15, -0.1) is 0 Å². The van der Waals surface area contributed by atoms with E-state index in [1.165, 1.54) is 12.1 Å². The number of rotatable bonds is 2. The molecule has 96 valence electrons. The molecule has 2 aromatic carbocycles. The number of nitriles is 1. The molecule has 2 rings (SSSR count). The monoisotopic (exact) mass is 384 g/mol. The molecule has 0 saturated heterocycles. The highest BCUT2D eigenvalue weighted by molar-refractivity contribution is 9.10. The van der Waals surface area contributed by atoms with Gasteiger partial charge in [0, 0.05) is 10.5 Å². The summed E-state index contributed by atoms with van der Waals surface area (Å²) in [4.78, 5) is 0. The van der Waals surface area contributed by atoms with Crippen molar-refractivity contribution >= 4 is 37.5 Å². The van der Waals surface area contributed by atoms with Crippen molar-refractivity contribution in [1.29, 1.82) is 5.26 Å². The van der Waals surface area contributed by atoms with Crippen LogP contribution >= 0.6 is 31.9 Å². The highest BCUT2D eigenvalue weighted by atomic mass is 79.9. The highest BCUT2D eigenvalue weighted by Gasteiger charge is 2.09. The number of hydrogen-bond acceptors (Lipinski definition) is 3. The van der Waals surface area contributed by atoms with E-state index in [9.17, 15) is 4.39 Å². The van der Waals surface area contributed by atoms with Crippen LogP contribution in [0.25, 0.3) is 0 Å². The van der Waals surface area contributed by atoms with E-state index in [4.69, 9.17) is 15.7 Å². The molecule has 0 aromatic heterocycles. The lowest BCUT2D eigenvalue weighted by Crippen LogP contribution is -1.94. The van der Waals surface area contributed by atoms with Crippen molar-refractivity contribution < 1.29 is 9.13 Å². The number of nitrogens with two attached hydrogens (primary N) is 1. The molecule has 2 aromatic rings. The normalized spacial score (nSPS) is 10.0. The van der Waals surface area contributed by atoms with Crippen molar-refractivity contribution in [2.24, 2.45) is 0 Å². The molecule has 0 atom stereocenters. The van der Waals surface area contributed by atoms with Crippen LogP contribution in [0.15, 0.2) is 39.3 Å². The third-order valence-corrected chi connectivity index (χ3v) is 3.61. The fraction of sp³-hybridized carbons (Fsp3) is 0. The molecular weight excluding hydrogens is 379 g/mol. The maximum atomic E-state index is 13.4. The van der Waals surface area contributed by atoms with Crippen molar-refractivity contribution in [3.05, 3.63) is 50.7 Å². The first-order chi connectivity index (χ1) is 9.01. The van der Waals surface area contributed by atoms with Gasteiger partial charge in [-0.2, -0.15) is 5.26 Å². The summed E-state index contributed by atoms with van der Waals surface area (Å²) in [5.41, 5.74) is 6.55. The molecule has 0 fully saturated rings. The fourth-order valence-electron chi connectivity index (χ4n) is 1.41. The molecule has 3 nitrogen and oxygen atoms in total. The van der Waals surface area contributed by atoms with Gasteiger partial charge in [-0.25, -0.2) is 4.39 Å². The summed E-state index contributed by atoms with van der Waals surface area (Å²) in [5.74, 6) is 0.216. The van der Waals surface area contributed by atoms with E-state index >= 15 is 0 Å². The molecule has 0 unspecified atom stereocenters. The standard InChI is InChI=1S/C13H7Br2FN2O/c14-9-3-8(2-1-7(9)6-17)19-13-5-11(16)10(15)4-12(13)18/h1-5H,18H2. The Balaban J connectivity index is 2.34. The Bertz CT molecular complexity index is 683. The molecule has 0 heterocycles. The average Bonchev–Trinajstić information content (AvgIpc) is 2.36. The molecule has 0 amide bonds. The molecule has 0 bridgehead atoms. The van der Waals surface area contributed by atoms with E-state index in [0.717, 1.165) is 0 Å². The van der Waals surface area contributed by atoms with Gasteiger partial charge in [-0.05, 0) is 56.1 Å². The van der Waals surface area contributed by atoms with Gasteiger partial charge in [-0.3, -0.25) is 0 Å². The van der Waals surface area contributed by atoms with E-state index < -0.39 is 5.82 Å². The molecule has 0 saturated carbocycles. The second kappa shape index (κ2) is 5.59. The van der Waals surface area contributed by atoms with E-state index in [1.807, 2.05) is 6.07 Å². The van der Waals surface area contributed by atoms with Crippen molar-refractivity contribution in [3.63, 3.8) is 0 Å². The number of hydrogen-bond donors (Lipinski definition) is 1. The van der Waals surface area contributed by atoms with Crippen LogP contribution in [0.3, 0.4) is 0 Å². The lowest BCUT2D eigenvalue weighted by molar-refractivity contribution is 0.478. The summed E-state index contributed by atoms with van der Waals surface area (Å²) in [6.45, 7) is 0. The summed E-state index contributed by atoms with van der Waals surface area (Å²) >= 11 is 6.29. The quantitative estimate of drug-likeness (QED) is 0.768. The number of benzene rings is 2. The third kappa shape index (κ3) is 3.06. The van der Waals surface area contributed by atoms with Crippen LogP contribution in [-0.2, 0) is 0 Å². The number of ether oxygens (including phenoxy) is 1. The molecule has 0 radical (unpaired) electrons. The molecular formula is C13H7Br2FN2O. The van der Waals surface area contributed by atoms with Gasteiger partial charge in [-0.1, -0.05) is 0 Å². The van der Waals surface area contributed by atoms with Crippen LogP contribution in [0, 0.1) is 17.1 Å². The summed E-state index contributed by atoms with van der Waals surface area (Å²) < 4.78 is 19.8. The van der Waals surface area contributed by atoms with E-state index in [2.05, 4.69) is 31.9 Å². The predicted molar refractivity (Wildman–Crippen MR) is 77.4 cm³/mol. The average molecular weight is 386 g/mol. The summed E-state index contributed by atoms with van der Waals surface area (Å²) in [6, 6.07) is 9.49. The van der Waals surface area contributed by atoms with E-state index in [1.54, 1.807) is 18.2 Å². The molecule has 6 heteroatoms. The van der Waals surface area contributed by atoms with Crippen LogP contribution in [0.5, 0.6) is 11.5 Å². The lowest BCUT2D eigenvalue weighted by Gasteiger charge is -2.10. The second-order valence-electron chi connectivity index (χ2n) is 3.66. The molecule has 0 aliphatic rings. The van der Waals surface area contributed by atoms with E-state index in [-0.39, 0.29) is 10.2 Å². The predicted octanol–water partition coefficient (Wildman–Crippen LogP) is 4.60. The van der Waals surface area contributed by atoms with Crippen molar-refractivity contribution in [1.82, 2.24) is 0 Å². The minimum Gasteiger partial charge on any atom is -0.455 e. The van der Waals surface area contributed by atoms with Crippen LogP contribution in [0.2, 0.25) is 0 Å². The molecule has 0 aliphatic carbocycles. The van der Waals surface area contributed by atoms with Crippen molar-refractivity contribution in [3.8, 4) is 17.6 Å². The summed E-state index contributed by atoms with van der Waals surface area (Å²) in [5, 5.41) is 8.81. The SMILES string of the molecule is N#Cc1ccc(Oc2cc(F)c(Br)cc2N)cc1Br. The van der Waals surface area contributed by atoms with Gasteiger partial charge < -0.3 is 10.5 Å². The lowest BCUT2D eigenvalue weighted by atomic mass is 10.2. The second-order valence-corrected chi connectivity index (χ2v) is 5.37. The largest absolute Gasteiger partial charge is 0.455 e. The minimum atomic E-state index is -0.461. The van der Waals surface area contributed by atoms with Crippen LogP contribution in [-0.4, -0.2) is 0 Å². The Kier molecular flexibility index (Phi) is 4.08. The summed E-state index contributed by atoms with van der Waals surface area (Å²) in [6.07, 6.45) is 0. The topological polar surface area (TPSA) is 59.0 Å². The zero-order chi connectivity index (χ0) is 14.0. The Morgan fingerprint density at radius 1 is 1.16 bits per heavy atom. The maximum Gasteiger partial charge on any atom is 0.153 e. The van der Waals surface area contributed by atoms with Crippen LogP contribution < -0.4 is 10.5 Å². The minimum absolute atomic E-state index is 0.220. The van der Waals surface area contributed by atoms with Gasteiger partial charge in [0.25, 0.3) is 0 Å². The first-order valence-electron chi connectivity index (χ1n) is 5.13. The van der Waals surface area contributed by atoms with Gasteiger partial charge in [0.15, 0.2) is 5.75 Å². The van der Waals surface area contributed by atoms with Crippen molar-refractivity contribution in [2.45, 2.75) is 0 Å². The summed E-state index contributed by atoms with van der Waals surface area (Å²) in [7, 11) is 0. The molecule has 0 aliphatic heterocycles. The van der Waals surface area contributed by atoms with Gasteiger partial charge in [0.05, 0.1) is 15.7 Å². The number of anilines is 1. The Morgan fingerprint density at radius 3 is 2.53 bits per heavy atom. The van der Waals surface area contributed by atoms with E-state index in [0.29, 0.717) is 21.5 Å². The number of nitrogen functional groups attached to an aromatic ring is 1. The third-order valence-electron chi connectivity index (χ3n) is 2.34. The van der Waals surface area contributed by atoms with Gasteiger partial charge >= 0.3 is 0 Å². The number of nitrogens with zero attached hydrogens (tertiary/aromatic N) is 1. The van der Waals surface area contributed by atoms with Crippen LogP contribution in [0.1, 0.15) is 5.56 Å². The van der Waals surface area contributed by atoms with Crippen LogP contribution in [0.4, 0.5) is 10.1 Å². The molecule has 19 heavy (non-hydrogen) atoms. The van der Waals surface area contributed by atoms with Gasteiger partial charge in [0.1, 0.15) is 17.6 Å². The molecule has 0 spiro atoms. The first kappa shape index (κ1) is 13.8. The maximum absolute atomic E-state index is 13.4. The molecule has 2 N–H and O–H groups in total. The van der Waals surface area contributed by atoms with Gasteiger partial charge in [0.2, 0.25) is 0 Å². The Labute approximate surface area is 126 Å². The smallest absolute Gasteiger partial charge is 0.153 e.